The van der Waals surface area contributed by atoms with Crippen LogP contribution in [0.1, 0.15) is 0 Å². The summed E-state index contributed by atoms with van der Waals surface area (Å²) in [6.07, 6.45) is 0. The Hall–Kier alpha value is -2.71. The van der Waals surface area contributed by atoms with Crippen molar-refractivity contribution in [2.75, 3.05) is 17.3 Å². The second-order valence-corrected chi connectivity index (χ2v) is 6.10. The van der Waals surface area contributed by atoms with Crippen molar-refractivity contribution in [3.05, 3.63) is 59.4 Å². The number of carbonyl (C=O) groups is 1. The molecule has 0 saturated carbocycles. The molecule has 3 rings (SSSR count). The topological polar surface area (TPSA) is 67.4 Å². The van der Waals surface area contributed by atoms with E-state index < -0.39 is 11.8 Å². The smallest absolute Gasteiger partial charge is 0.335 e. The molecule has 3 aromatic rings. The van der Waals surface area contributed by atoms with Crippen LogP contribution in [0, 0.1) is 5.82 Å². The number of benzene rings is 2. The van der Waals surface area contributed by atoms with Crippen molar-refractivity contribution in [3.63, 3.8) is 0 Å². The molecule has 0 unspecified atom stereocenters. The third-order valence-corrected chi connectivity index (χ3v) is 3.98. The zero-order valence-electron chi connectivity index (χ0n) is 12.9. The molecule has 0 fully saturated rings. The molecule has 0 bridgehead atoms. The highest BCUT2D eigenvalue weighted by atomic mass is 35.5. The Morgan fingerprint density at radius 3 is 2.84 bits per heavy atom. The van der Waals surface area contributed by atoms with Gasteiger partial charge in [0.2, 0.25) is 5.13 Å². The summed E-state index contributed by atoms with van der Waals surface area (Å²) in [5.41, 5.74) is 0.414. The number of hydrogen-bond donors (Lipinski definition) is 1. The maximum absolute atomic E-state index is 13.3. The van der Waals surface area contributed by atoms with Crippen molar-refractivity contribution in [1.82, 2.24) is 9.36 Å². The van der Waals surface area contributed by atoms with Crippen molar-refractivity contribution in [1.29, 1.82) is 0 Å². The number of urea groups is 1. The summed E-state index contributed by atoms with van der Waals surface area (Å²) in [6, 6.07) is 12.1. The van der Waals surface area contributed by atoms with Crippen molar-refractivity contribution in [2.45, 2.75) is 0 Å². The van der Waals surface area contributed by atoms with E-state index >= 15 is 0 Å². The molecule has 1 N–H and O–H groups in total. The highest BCUT2D eigenvalue weighted by Gasteiger charge is 2.15. The normalized spacial score (nSPS) is 10.4. The van der Waals surface area contributed by atoms with Gasteiger partial charge in [-0.1, -0.05) is 23.7 Å². The van der Waals surface area contributed by atoms with Gasteiger partial charge in [-0.2, -0.15) is 4.98 Å². The summed E-state index contributed by atoms with van der Waals surface area (Å²) >= 11 is 6.85. The molecule has 6 nitrogen and oxygen atoms in total. The SMILES string of the molecule is CN(C(=O)Nc1nc(Oc2cccc(Cl)c2)ns1)c1cccc(F)c1. The quantitative estimate of drug-likeness (QED) is 0.708. The van der Waals surface area contributed by atoms with Crippen LogP contribution in [-0.2, 0) is 0 Å². The Balaban J connectivity index is 1.65. The Kier molecular flexibility index (Phi) is 5.11. The number of ether oxygens (including phenoxy) is 1. The number of anilines is 2. The van der Waals surface area contributed by atoms with Crippen molar-refractivity contribution in [3.8, 4) is 11.8 Å². The van der Waals surface area contributed by atoms with Crippen molar-refractivity contribution in [2.24, 2.45) is 0 Å². The molecule has 0 radical (unpaired) electrons. The maximum Gasteiger partial charge on any atom is 0.335 e. The Morgan fingerprint density at radius 1 is 1.28 bits per heavy atom. The lowest BCUT2D eigenvalue weighted by Crippen LogP contribution is -2.31. The van der Waals surface area contributed by atoms with Crippen molar-refractivity contribution < 1.29 is 13.9 Å². The molecule has 0 saturated heterocycles. The molecule has 2 amide bonds. The summed E-state index contributed by atoms with van der Waals surface area (Å²) in [7, 11) is 1.52. The first-order valence-corrected chi connectivity index (χ1v) is 8.24. The van der Waals surface area contributed by atoms with Gasteiger partial charge in [-0.25, -0.2) is 9.18 Å². The number of carbonyl (C=O) groups excluding carboxylic acids is 1. The van der Waals surface area contributed by atoms with E-state index in [-0.39, 0.29) is 11.1 Å². The fraction of sp³-hybridized carbons (Fsp3) is 0.0625. The van der Waals surface area contributed by atoms with Crippen LogP contribution in [0.2, 0.25) is 5.02 Å². The fourth-order valence-corrected chi connectivity index (χ4v) is 2.59. The zero-order valence-corrected chi connectivity index (χ0v) is 14.5. The lowest BCUT2D eigenvalue weighted by Gasteiger charge is -2.16. The molecular weight excluding hydrogens is 367 g/mol. The van der Waals surface area contributed by atoms with Gasteiger partial charge < -0.3 is 4.74 Å². The third kappa shape index (κ3) is 4.43. The molecule has 0 atom stereocenters. The molecule has 1 aromatic heterocycles. The van der Waals surface area contributed by atoms with E-state index in [1.165, 1.54) is 30.1 Å². The average Bonchev–Trinajstić information content (AvgIpc) is 3.01. The second-order valence-electron chi connectivity index (χ2n) is 4.91. The van der Waals surface area contributed by atoms with E-state index in [1.54, 1.807) is 30.3 Å². The van der Waals surface area contributed by atoms with E-state index in [2.05, 4.69) is 14.7 Å². The van der Waals surface area contributed by atoms with E-state index in [0.717, 1.165) is 11.5 Å². The fourth-order valence-electron chi connectivity index (χ4n) is 1.92. The van der Waals surface area contributed by atoms with Crippen molar-refractivity contribution >= 4 is 40.0 Å². The minimum absolute atomic E-state index is 0.0935. The van der Waals surface area contributed by atoms with Crippen LogP contribution in [0.15, 0.2) is 48.5 Å². The molecule has 0 aliphatic carbocycles. The second kappa shape index (κ2) is 7.45. The number of hydrogen-bond acceptors (Lipinski definition) is 5. The van der Waals surface area contributed by atoms with Gasteiger partial charge in [-0.05, 0) is 36.4 Å². The maximum atomic E-state index is 13.3. The van der Waals surface area contributed by atoms with Gasteiger partial charge in [0.05, 0.1) is 0 Å². The van der Waals surface area contributed by atoms with Gasteiger partial charge in [0.15, 0.2) is 0 Å². The zero-order chi connectivity index (χ0) is 17.8. The third-order valence-electron chi connectivity index (χ3n) is 3.13. The molecular formula is C16H12ClFN4O2S. The van der Waals surface area contributed by atoms with E-state index in [1.807, 2.05) is 0 Å². The average molecular weight is 379 g/mol. The highest BCUT2D eigenvalue weighted by Crippen LogP contribution is 2.25. The molecule has 0 spiro atoms. The number of amides is 2. The number of halogens is 2. The summed E-state index contributed by atoms with van der Waals surface area (Å²) in [4.78, 5) is 17.6. The molecule has 0 aliphatic heterocycles. The van der Waals surface area contributed by atoms with Crippen LogP contribution in [0.3, 0.4) is 0 Å². The first kappa shape index (κ1) is 17.1. The van der Waals surface area contributed by atoms with Gasteiger partial charge >= 0.3 is 12.0 Å². The summed E-state index contributed by atoms with van der Waals surface area (Å²) in [5.74, 6) is 0.0605. The molecule has 128 valence electrons. The Bertz CT molecular complexity index is 905. The van der Waals surface area contributed by atoms with Gasteiger partial charge in [0, 0.05) is 29.3 Å². The lowest BCUT2D eigenvalue weighted by molar-refractivity contribution is 0.258. The van der Waals surface area contributed by atoms with E-state index in [4.69, 9.17) is 16.3 Å². The Morgan fingerprint density at radius 2 is 2.08 bits per heavy atom. The standard InChI is InChI=1S/C16H12ClFN4O2S/c1-22(12-6-3-5-11(18)9-12)16(23)20-15-19-14(21-25-15)24-13-7-2-4-10(17)8-13/h2-9H,1H3,(H,19,20,21,23). The van der Waals surface area contributed by atoms with Gasteiger partial charge in [-0.3, -0.25) is 10.2 Å². The van der Waals surface area contributed by atoms with E-state index in [9.17, 15) is 9.18 Å². The van der Waals surface area contributed by atoms with Gasteiger partial charge in [0.1, 0.15) is 11.6 Å². The minimum atomic E-state index is -0.476. The monoisotopic (exact) mass is 378 g/mol. The summed E-state index contributed by atoms with van der Waals surface area (Å²) in [5, 5.41) is 3.36. The van der Waals surface area contributed by atoms with E-state index in [0.29, 0.717) is 16.5 Å². The van der Waals surface area contributed by atoms with Gasteiger partial charge in [-0.15, -0.1) is 4.37 Å². The first-order valence-electron chi connectivity index (χ1n) is 7.09. The first-order chi connectivity index (χ1) is 12.0. The molecule has 0 aliphatic rings. The largest absolute Gasteiger partial charge is 0.424 e. The van der Waals surface area contributed by atoms with Gasteiger partial charge in [0.25, 0.3) is 0 Å². The number of nitrogens with one attached hydrogen (secondary N) is 1. The number of aromatic nitrogens is 2. The number of rotatable bonds is 4. The van der Waals surface area contributed by atoms with Crippen LogP contribution >= 0.6 is 23.1 Å². The predicted molar refractivity (Wildman–Crippen MR) is 95.3 cm³/mol. The Labute approximate surface area is 152 Å². The van der Waals surface area contributed by atoms with Crippen LogP contribution < -0.4 is 15.0 Å². The van der Waals surface area contributed by atoms with Crippen LogP contribution in [0.25, 0.3) is 0 Å². The van der Waals surface area contributed by atoms with Crippen LogP contribution in [0.5, 0.6) is 11.8 Å². The minimum Gasteiger partial charge on any atom is -0.424 e. The van der Waals surface area contributed by atoms with Crippen LogP contribution in [-0.4, -0.2) is 22.4 Å². The van der Waals surface area contributed by atoms with Crippen LogP contribution in [0.4, 0.5) is 20.0 Å². The molecule has 9 heteroatoms. The predicted octanol–water partition coefficient (Wildman–Crippen LogP) is 4.79. The summed E-state index contributed by atoms with van der Waals surface area (Å²) in [6.45, 7) is 0. The summed E-state index contributed by atoms with van der Waals surface area (Å²) < 4.78 is 22.7. The molecule has 25 heavy (non-hydrogen) atoms. The molecule has 2 aromatic carbocycles. The highest BCUT2D eigenvalue weighted by molar-refractivity contribution is 7.10. The number of nitrogens with zero attached hydrogens (tertiary/aromatic N) is 3. The molecule has 1 heterocycles. The lowest BCUT2D eigenvalue weighted by atomic mass is 10.3.